The second kappa shape index (κ2) is 9.01. The van der Waals surface area contributed by atoms with Gasteiger partial charge in [0.2, 0.25) is 0 Å². The second-order valence-electron chi connectivity index (χ2n) is 11.3. The molecule has 11 aromatic rings. The Morgan fingerprint density at radius 2 is 1.31 bits per heavy atom. The number of hydrogen-bond donors (Lipinski definition) is 0. The van der Waals surface area contributed by atoms with Gasteiger partial charge in [-0.2, -0.15) is 6.07 Å². The van der Waals surface area contributed by atoms with Gasteiger partial charge in [0.1, 0.15) is 5.65 Å². The molecule has 5 aromatic carbocycles. The average Bonchev–Trinajstić information content (AvgIpc) is 3.84. The number of pyridine rings is 2. The summed E-state index contributed by atoms with van der Waals surface area (Å²) in [6.45, 7) is 0. The molecule has 11 rings (SSSR count). The number of ether oxygens (including phenoxy) is 1. The SMILES string of the molecule is [Pt+2].[c-]1c(Oc2[c-]c3c(cc2)c2cccc4c5cccnc5n3c24)ccc2c1c1nccn1c1c2ccc2sc3ccccc3c21. The van der Waals surface area contributed by atoms with Gasteiger partial charge in [-0.3, -0.25) is 4.98 Å². The summed E-state index contributed by atoms with van der Waals surface area (Å²) in [4.78, 5) is 9.53. The van der Waals surface area contributed by atoms with Crippen LogP contribution in [-0.4, -0.2) is 18.8 Å². The maximum Gasteiger partial charge on any atom is 2.00 e. The van der Waals surface area contributed by atoms with Crippen LogP contribution in [0.5, 0.6) is 11.5 Å². The van der Waals surface area contributed by atoms with E-state index in [1.165, 1.54) is 47.4 Å². The van der Waals surface area contributed by atoms with Crippen molar-refractivity contribution in [1.29, 1.82) is 0 Å². The number of imidazole rings is 1. The summed E-state index contributed by atoms with van der Waals surface area (Å²) < 4.78 is 13.4. The summed E-state index contributed by atoms with van der Waals surface area (Å²) in [5.74, 6) is 1.25. The molecule has 0 aliphatic rings. The number of thiophene rings is 1. The van der Waals surface area contributed by atoms with Crippen molar-refractivity contribution in [2.75, 3.05) is 0 Å². The van der Waals surface area contributed by atoms with Gasteiger partial charge < -0.3 is 13.5 Å². The molecule has 0 saturated heterocycles. The molecule has 0 unspecified atom stereocenters. The second-order valence-corrected chi connectivity index (χ2v) is 12.3. The molecule has 0 spiro atoms. The quantitative estimate of drug-likeness (QED) is 0.130. The molecule has 0 aliphatic carbocycles. The third kappa shape index (κ3) is 3.25. The molecule has 0 atom stereocenters. The van der Waals surface area contributed by atoms with E-state index < -0.39 is 0 Å². The van der Waals surface area contributed by atoms with Crippen molar-refractivity contribution in [3.05, 3.63) is 122 Å². The first-order valence-electron chi connectivity index (χ1n) is 14.5. The van der Waals surface area contributed by atoms with Gasteiger partial charge in [0, 0.05) is 72.1 Å². The number of rotatable bonds is 2. The van der Waals surface area contributed by atoms with Crippen molar-refractivity contribution in [3.8, 4) is 11.5 Å². The van der Waals surface area contributed by atoms with Crippen molar-refractivity contribution < 1.29 is 25.8 Å². The van der Waals surface area contributed by atoms with Crippen LogP contribution in [0.2, 0.25) is 0 Å². The summed E-state index contributed by atoms with van der Waals surface area (Å²) in [6, 6.07) is 39.0. The van der Waals surface area contributed by atoms with Gasteiger partial charge >= 0.3 is 21.1 Å². The number of nitrogens with zero attached hydrogens (tertiary/aromatic N) is 4. The average molecular weight is 774 g/mol. The molecule has 0 saturated carbocycles. The number of aromatic nitrogens is 4. The van der Waals surface area contributed by atoms with Gasteiger partial charge in [0.05, 0.1) is 5.65 Å². The summed E-state index contributed by atoms with van der Waals surface area (Å²) in [5.41, 5.74) is 5.09. The molecular formula is C38H18N4OPtS. The van der Waals surface area contributed by atoms with Crippen LogP contribution in [-0.2, 0) is 21.1 Å². The van der Waals surface area contributed by atoms with Gasteiger partial charge in [0.15, 0.2) is 0 Å². The van der Waals surface area contributed by atoms with Crippen molar-refractivity contribution in [1.82, 2.24) is 18.8 Å². The largest absolute Gasteiger partial charge is 2.00 e. The predicted octanol–water partition coefficient (Wildman–Crippen LogP) is 9.94. The first-order chi connectivity index (χ1) is 21.8. The Balaban J connectivity index is 0.00000265. The normalized spacial score (nSPS) is 12.3. The molecule has 6 aromatic heterocycles. The van der Waals surface area contributed by atoms with E-state index in [2.05, 4.69) is 93.7 Å². The molecule has 0 bridgehead atoms. The van der Waals surface area contributed by atoms with E-state index in [1.807, 2.05) is 48.1 Å². The van der Waals surface area contributed by atoms with Crippen LogP contribution in [0.15, 0.2) is 110 Å². The van der Waals surface area contributed by atoms with Gasteiger partial charge in [-0.25, -0.2) is 4.98 Å². The Bertz CT molecular complexity index is 2990. The zero-order valence-electron chi connectivity index (χ0n) is 23.3. The molecule has 0 aliphatic heterocycles. The fraction of sp³-hybridized carbons (Fsp3) is 0. The molecule has 0 fully saturated rings. The Hall–Kier alpha value is -5.03. The Morgan fingerprint density at radius 3 is 2.24 bits per heavy atom. The number of fused-ring (bicyclic) bond motifs is 16. The van der Waals surface area contributed by atoms with Crippen molar-refractivity contribution in [2.24, 2.45) is 0 Å². The molecule has 0 amide bonds. The number of para-hydroxylation sites is 1. The number of benzene rings is 5. The standard InChI is InChI=1S/C38H18N4OS.Pt/c1-2-9-32-29(5-1)34-33(44-32)15-14-27-23-12-10-21(19-30(23)37-40-17-18-41(37)36(27)34)43-22-11-13-24-25-6-3-7-26-28-8-4-16-39-38(28)42(35(25)26)31(24)20-22;/h1-18H;/q-2;+2. The third-order valence-corrected chi connectivity index (χ3v) is 10.1. The van der Waals surface area contributed by atoms with Gasteiger partial charge in [-0.05, 0) is 35.0 Å². The first kappa shape index (κ1) is 25.3. The molecule has 212 valence electrons. The van der Waals surface area contributed by atoms with E-state index in [0.717, 1.165) is 38.4 Å². The maximum absolute atomic E-state index is 6.47. The van der Waals surface area contributed by atoms with Crippen LogP contribution in [0.3, 0.4) is 0 Å². The molecule has 0 radical (unpaired) electrons. The Morgan fingerprint density at radius 1 is 0.578 bits per heavy atom. The van der Waals surface area contributed by atoms with Crippen molar-refractivity contribution in [2.45, 2.75) is 0 Å². The summed E-state index contributed by atoms with van der Waals surface area (Å²) >= 11 is 1.83. The van der Waals surface area contributed by atoms with Crippen LogP contribution < -0.4 is 4.74 Å². The topological polar surface area (TPSA) is 43.8 Å². The van der Waals surface area contributed by atoms with Crippen LogP contribution in [0.25, 0.3) is 85.7 Å². The smallest absolute Gasteiger partial charge is 0.503 e. The van der Waals surface area contributed by atoms with Crippen molar-refractivity contribution in [3.63, 3.8) is 0 Å². The fourth-order valence-corrected chi connectivity index (χ4v) is 8.34. The Kier molecular flexibility index (Phi) is 5.07. The predicted molar refractivity (Wildman–Crippen MR) is 180 cm³/mol. The van der Waals surface area contributed by atoms with Crippen LogP contribution >= 0.6 is 11.3 Å². The zero-order valence-corrected chi connectivity index (χ0v) is 26.4. The van der Waals surface area contributed by atoms with Crippen LogP contribution in [0.4, 0.5) is 0 Å². The monoisotopic (exact) mass is 773 g/mol. The third-order valence-electron chi connectivity index (χ3n) is 9.01. The summed E-state index contributed by atoms with van der Waals surface area (Å²) in [5, 5.41) is 10.4. The van der Waals surface area contributed by atoms with E-state index in [1.54, 1.807) is 0 Å². The zero-order chi connectivity index (χ0) is 28.5. The minimum atomic E-state index is 0. The fourth-order valence-electron chi connectivity index (χ4n) is 7.23. The maximum atomic E-state index is 6.47. The van der Waals surface area contributed by atoms with Gasteiger partial charge in [-0.1, -0.05) is 64.8 Å². The van der Waals surface area contributed by atoms with Crippen molar-refractivity contribution >= 4 is 97.1 Å². The van der Waals surface area contributed by atoms with E-state index in [9.17, 15) is 0 Å². The minimum Gasteiger partial charge on any atom is -0.503 e. The Labute approximate surface area is 273 Å². The number of hydrogen-bond acceptors (Lipinski definition) is 4. The molecule has 7 heteroatoms. The molecule has 6 heterocycles. The molecule has 5 nitrogen and oxygen atoms in total. The molecule has 45 heavy (non-hydrogen) atoms. The van der Waals surface area contributed by atoms with E-state index in [4.69, 9.17) is 14.7 Å². The van der Waals surface area contributed by atoms with Crippen LogP contribution in [0, 0.1) is 12.1 Å². The van der Waals surface area contributed by atoms with Gasteiger partial charge in [-0.15, -0.1) is 41.0 Å². The van der Waals surface area contributed by atoms with E-state index >= 15 is 0 Å². The van der Waals surface area contributed by atoms with Gasteiger partial charge in [0.25, 0.3) is 0 Å². The molecular weight excluding hydrogens is 756 g/mol. The van der Waals surface area contributed by atoms with Crippen LogP contribution in [0.1, 0.15) is 0 Å². The van der Waals surface area contributed by atoms with E-state index in [-0.39, 0.29) is 21.1 Å². The molecule has 0 N–H and O–H groups in total. The summed E-state index contributed by atoms with van der Waals surface area (Å²) in [6.07, 6.45) is 5.76. The first-order valence-corrected chi connectivity index (χ1v) is 15.3. The summed E-state index contributed by atoms with van der Waals surface area (Å²) in [7, 11) is 0. The van der Waals surface area contributed by atoms with E-state index in [0.29, 0.717) is 11.5 Å². The minimum absolute atomic E-state index is 0.